The molecule has 228 valence electrons. The van der Waals surface area contributed by atoms with Crippen LogP contribution in [0.1, 0.15) is 12.8 Å². The van der Waals surface area contributed by atoms with Crippen molar-refractivity contribution < 1.29 is 59.5 Å². The molecule has 0 bridgehead atoms. The molecular weight excluding hydrogens is 526 g/mol. The lowest BCUT2D eigenvalue weighted by molar-refractivity contribution is -0.307. The average Bonchev–Trinajstić information content (AvgIpc) is 3.18. The molecule has 1 amide bonds. The molecular formula is C22H43N5O12. The molecule has 3 rings (SSSR count). The van der Waals surface area contributed by atoms with E-state index in [0.29, 0.717) is 0 Å². The Bertz CT molecular complexity index is 788. The smallest absolute Gasteiger partial charge is 0.249 e. The number of aliphatic hydroxyl groups is 7. The highest BCUT2D eigenvalue weighted by atomic mass is 16.7. The molecule has 0 aromatic rings. The number of carbonyl (C=O) groups is 1. The number of hydrogen-bond donors (Lipinski definition) is 12. The van der Waals surface area contributed by atoms with Crippen LogP contribution < -0.4 is 27.8 Å². The lowest BCUT2D eigenvalue weighted by Crippen LogP contribution is -2.69. The van der Waals surface area contributed by atoms with Crippen LogP contribution >= 0.6 is 0 Å². The van der Waals surface area contributed by atoms with Crippen LogP contribution in [-0.2, 0) is 23.7 Å². The van der Waals surface area contributed by atoms with Crippen LogP contribution in [-0.4, -0.2) is 160 Å². The molecule has 17 nitrogen and oxygen atoms in total. The fourth-order valence-electron chi connectivity index (χ4n) is 5.01. The Hall–Kier alpha value is -1.13. The van der Waals surface area contributed by atoms with E-state index in [1.807, 2.05) is 0 Å². The van der Waals surface area contributed by atoms with Gasteiger partial charge < -0.3 is 82.5 Å². The lowest BCUT2D eigenvalue weighted by Gasteiger charge is -2.48. The van der Waals surface area contributed by atoms with Crippen molar-refractivity contribution in [3.05, 3.63) is 0 Å². The molecule has 3 fully saturated rings. The van der Waals surface area contributed by atoms with Crippen molar-refractivity contribution in [2.24, 2.45) is 17.2 Å². The van der Waals surface area contributed by atoms with E-state index in [1.54, 1.807) is 7.05 Å². The molecule has 2 aliphatic heterocycles. The van der Waals surface area contributed by atoms with E-state index in [9.17, 15) is 40.5 Å². The Balaban J connectivity index is 1.84. The minimum Gasteiger partial charge on any atom is -0.394 e. The Morgan fingerprint density at radius 2 is 1.56 bits per heavy atom. The van der Waals surface area contributed by atoms with Crippen LogP contribution in [0.3, 0.4) is 0 Å². The van der Waals surface area contributed by atoms with E-state index in [-0.39, 0.29) is 25.9 Å². The quantitative estimate of drug-likeness (QED) is 0.110. The highest BCUT2D eigenvalue weighted by Crippen LogP contribution is 2.32. The third kappa shape index (κ3) is 7.21. The second kappa shape index (κ2) is 14.2. The van der Waals surface area contributed by atoms with Crippen molar-refractivity contribution in [2.75, 3.05) is 26.7 Å². The van der Waals surface area contributed by atoms with E-state index in [4.69, 9.17) is 36.1 Å². The fraction of sp³-hybridized carbons (Fsp3) is 0.955. The number of amides is 1. The number of nitrogens with two attached hydrogens (primary N) is 3. The van der Waals surface area contributed by atoms with Crippen molar-refractivity contribution in [3.63, 3.8) is 0 Å². The summed E-state index contributed by atoms with van der Waals surface area (Å²) in [6.45, 7) is -0.433. The summed E-state index contributed by atoms with van der Waals surface area (Å²) in [6.07, 6.45) is -16.5. The van der Waals surface area contributed by atoms with Gasteiger partial charge in [0.05, 0.1) is 18.7 Å². The SMILES string of the molecule is CNCC1OC(OC2C(N)CC(NC(=O)[C@@H](O)CCN)C(O)C2OC2OC(CO)C(O)C2O)C(N)C(O)C1O. The van der Waals surface area contributed by atoms with E-state index < -0.39 is 104 Å². The standard InChI is InChI=1S/C22H43N5O12/c1-26-5-10-14(31)16(33)12(25)21(36-10)38-18-7(24)4-8(27-20(35)9(29)2-3-23)13(30)19(18)39-22-17(34)15(32)11(6-28)37-22/h7-19,21-22,26,28-34H,2-6,23-25H2,1H3,(H,27,35)/t7?,8?,9-,10?,11?,12?,13?,14?,15?,16?,17?,18?,19?,21?,22?/m0/s1. The normalized spacial score (nSPS) is 45.7. The number of aliphatic hydroxyl groups excluding tert-OH is 7. The first-order chi connectivity index (χ1) is 18.4. The largest absolute Gasteiger partial charge is 0.394 e. The highest BCUT2D eigenvalue weighted by Gasteiger charge is 2.53. The van der Waals surface area contributed by atoms with Crippen LogP contribution in [0.15, 0.2) is 0 Å². The molecule has 15 N–H and O–H groups in total. The molecule has 1 aliphatic carbocycles. The van der Waals surface area contributed by atoms with Gasteiger partial charge in [0, 0.05) is 12.6 Å². The van der Waals surface area contributed by atoms with Gasteiger partial charge in [0.25, 0.3) is 0 Å². The number of carbonyl (C=O) groups excluding carboxylic acids is 1. The van der Waals surface area contributed by atoms with Gasteiger partial charge in [-0.05, 0) is 26.4 Å². The van der Waals surface area contributed by atoms with Crippen molar-refractivity contribution in [1.29, 1.82) is 0 Å². The lowest BCUT2D eigenvalue weighted by atomic mass is 9.83. The van der Waals surface area contributed by atoms with Gasteiger partial charge in [-0.25, -0.2) is 0 Å². The van der Waals surface area contributed by atoms with E-state index >= 15 is 0 Å². The van der Waals surface area contributed by atoms with E-state index in [0.717, 1.165) is 0 Å². The maximum absolute atomic E-state index is 12.4. The van der Waals surface area contributed by atoms with Crippen LogP contribution in [0.4, 0.5) is 0 Å². The van der Waals surface area contributed by atoms with E-state index in [1.165, 1.54) is 0 Å². The molecule has 0 aromatic carbocycles. The monoisotopic (exact) mass is 569 g/mol. The Morgan fingerprint density at radius 3 is 2.15 bits per heavy atom. The Morgan fingerprint density at radius 1 is 0.949 bits per heavy atom. The maximum Gasteiger partial charge on any atom is 0.249 e. The maximum atomic E-state index is 12.4. The Labute approximate surface area is 225 Å². The van der Waals surface area contributed by atoms with Crippen molar-refractivity contribution in [2.45, 2.75) is 105 Å². The van der Waals surface area contributed by atoms with Gasteiger partial charge in [-0.2, -0.15) is 0 Å². The minimum atomic E-state index is -1.61. The summed E-state index contributed by atoms with van der Waals surface area (Å²) in [7, 11) is 1.62. The second-order valence-corrected chi connectivity index (χ2v) is 10.2. The van der Waals surface area contributed by atoms with Crippen LogP contribution in [0.2, 0.25) is 0 Å². The van der Waals surface area contributed by atoms with Crippen molar-refractivity contribution in [3.8, 4) is 0 Å². The number of ether oxygens (including phenoxy) is 4. The predicted octanol–water partition coefficient (Wildman–Crippen LogP) is -7.52. The summed E-state index contributed by atoms with van der Waals surface area (Å²) in [6, 6.07) is -3.24. The molecule has 3 aliphatic rings. The third-order valence-corrected chi connectivity index (χ3v) is 7.33. The van der Waals surface area contributed by atoms with Crippen LogP contribution in [0.5, 0.6) is 0 Å². The molecule has 2 heterocycles. The highest BCUT2D eigenvalue weighted by molar-refractivity contribution is 5.80. The first kappa shape index (κ1) is 32.4. The Kier molecular flexibility index (Phi) is 11.8. The molecule has 1 saturated carbocycles. The van der Waals surface area contributed by atoms with Gasteiger partial charge in [-0.3, -0.25) is 4.79 Å². The zero-order valence-corrected chi connectivity index (χ0v) is 21.6. The van der Waals surface area contributed by atoms with Gasteiger partial charge in [-0.1, -0.05) is 0 Å². The molecule has 17 heteroatoms. The van der Waals surface area contributed by atoms with Gasteiger partial charge in [-0.15, -0.1) is 0 Å². The summed E-state index contributed by atoms with van der Waals surface area (Å²) in [5, 5.41) is 77.3. The molecule has 0 aromatic heterocycles. The molecule has 2 saturated heterocycles. The molecule has 0 radical (unpaired) electrons. The van der Waals surface area contributed by atoms with E-state index in [2.05, 4.69) is 10.6 Å². The molecule has 39 heavy (non-hydrogen) atoms. The summed E-state index contributed by atoms with van der Waals surface area (Å²) < 4.78 is 23.0. The first-order valence-corrected chi connectivity index (χ1v) is 12.9. The second-order valence-electron chi connectivity index (χ2n) is 10.2. The van der Waals surface area contributed by atoms with Crippen molar-refractivity contribution >= 4 is 5.91 Å². The van der Waals surface area contributed by atoms with Gasteiger partial charge >= 0.3 is 0 Å². The fourth-order valence-corrected chi connectivity index (χ4v) is 5.01. The summed E-state index contributed by atoms with van der Waals surface area (Å²) >= 11 is 0. The van der Waals surface area contributed by atoms with Gasteiger partial charge in [0.2, 0.25) is 5.91 Å². The third-order valence-electron chi connectivity index (χ3n) is 7.33. The topological polar surface area (TPSA) is 298 Å². The van der Waals surface area contributed by atoms with Crippen molar-refractivity contribution in [1.82, 2.24) is 10.6 Å². The molecule has 15 atom stereocenters. The molecule has 0 spiro atoms. The van der Waals surface area contributed by atoms with Crippen LogP contribution in [0.25, 0.3) is 0 Å². The number of likely N-dealkylation sites (N-methyl/N-ethyl adjacent to an activating group) is 1. The first-order valence-electron chi connectivity index (χ1n) is 12.9. The summed E-state index contributed by atoms with van der Waals surface area (Å²) in [4.78, 5) is 12.4. The van der Waals surface area contributed by atoms with Gasteiger partial charge in [0.1, 0.15) is 61.0 Å². The predicted molar refractivity (Wildman–Crippen MR) is 130 cm³/mol. The average molecular weight is 570 g/mol. The van der Waals surface area contributed by atoms with Crippen LogP contribution in [0, 0.1) is 0 Å². The van der Waals surface area contributed by atoms with Gasteiger partial charge in [0.15, 0.2) is 12.6 Å². The zero-order chi connectivity index (χ0) is 29.0. The summed E-state index contributed by atoms with van der Waals surface area (Å²) in [5.74, 6) is -0.799. The number of rotatable bonds is 11. The number of nitrogens with one attached hydrogen (secondary N) is 2. The number of hydrogen-bond acceptors (Lipinski definition) is 16. The summed E-state index contributed by atoms with van der Waals surface area (Å²) in [5.41, 5.74) is 17.8. The molecule has 14 unspecified atom stereocenters. The minimum absolute atomic E-state index is 0.0201. The zero-order valence-electron chi connectivity index (χ0n) is 21.6.